The Bertz CT molecular complexity index is 176. The minimum Gasteiger partial charge on any atom is -0.550 e. The van der Waals surface area contributed by atoms with Crippen LogP contribution in [-0.4, -0.2) is 48.8 Å². The number of hydrogen-bond donors (Lipinski definition) is 1. The zero-order valence-electron chi connectivity index (χ0n) is 11.9. The zero-order valence-corrected chi connectivity index (χ0v) is 11.9. The predicted octanol–water partition coefficient (Wildman–Crippen LogP) is 0.782. The Morgan fingerprint density at radius 2 is 1.53 bits per heavy atom. The van der Waals surface area contributed by atoms with E-state index in [1.165, 1.54) is 43.4 Å². The Morgan fingerprint density at radius 1 is 1.12 bits per heavy atom. The van der Waals surface area contributed by atoms with Crippen molar-refractivity contribution in [1.82, 2.24) is 0 Å². The lowest BCUT2D eigenvalue weighted by Crippen LogP contribution is -2.44. The number of carboxylic acids is 1. The highest BCUT2D eigenvalue weighted by atomic mass is 16.4. The number of carbonyl (C=O) groups is 1. The molecule has 0 aromatic heterocycles. The van der Waals surface area contributed by atoms with E-state index in [2.05, 4.69) is 20.9 Å². The number of quaternary nitrogens is 1. The van der Waals surface area contributed by atoms with Crippen molar-refractivity contribution in [1.29, 1.82) is 0 Å². The summed E-state index contributed by atoms with van der Waals surface area (Å²) in [7, 11) is 2.33. The van der Waals surface area contributed by atoms with Crippen molar-refractivity contribution >= 4 is 5.97 Å². The van der Waals surface area contributed by atoms with E-state index in [9.17, 15) is 0 Å². The number of aliphatic hydroxyl groups is 1. The highest BCUT2D eigenvalue weighted by molar-refractivity contribution is 5.60. The molecule has 0 saturated carbocycles. The molecule has 17 heavy (non-hydrogen) atoms. The van der Waals surface area contributed by atoms with E-state index >= 15 is 0 Å². The van der Waals surface area contributed by atoms with Crippen LogP contribution in [-0.2, 0) is 4.79 Å². The van der Waals surface area contributed by atoms with Gasteiger partial charge in [-0.3, -0.25) is 0 Å². The van der Waals surface area contributed by atoms with Gasteiger partial charge in [0.2, 0.25) is 0 Å². The summed E-state index contributed by atoms with van der Waals surface area (Å²) < 4.78 is 1.19. The van der Waals surface area contributed by atoms with Gasteiger partial charge in [-0.05, 0) is 40.0 Å². The van der Waals surface area contributed by atoms with Crippen molar-refractivity contribution in [2.75, 3.05) is 33.3 Å². The minimum atomic E-state index is -1.08. The predicted molar refractivity (Wildman–Crippen MR) is 68.4 cm³/mol. The Morgan fingerprint density at radius 3 is 1.88 bits per heavy atom. The molecule has 0 aliphatic carbocycles. The second-order valence-corrected chi connectivity index (χ2v) is 4.60. The third-order valence-electron chi connectivity index (χ3n) is 3.13. The molecule has 104 valence electrons. The van der Waals surface area contributed by atoms with E-state index in [4.69, 9.17) is 15.0 Å². The van der Waals surface area contributed by atoms with Crippen molar-refractivity contribution in [3.63, 3.8) is 0 Å². The number of carboxylic acid groups (broad SMARTS) is 1. The van der Waals surface area contributed by atoms with Gasteiger partial charge in [-0.2, -0.15) is 0 Å². The van der Waals surface area contributed by atoms with Crippen molar-refractivity contribution < 1.29 is 19.5 Å². The number of unbranched alkanes of at least 4 members (excludes halogenated alkanes) is 3. The molecule has 0 saturated heterocycles. The first-order valence-electron chi connectivity index (χ1n) is 6.53. The molecule has 0 spiro atoms. The highest BCUT2D eigenvalue weighted by Crippen LogP contribution is 2.07. The van der Waals surface area contributed by atoms with Crippen LogP contribution in [0.5, 0.6) is 0 Å². The summed E-state index contributed by atoms with van der Waals surface area (Å²) in [5.41, 5.74) is 0. The third kappa shape index (κ3) is 15.4. The first-order valence-corrected chi connectivity index (χ1v) is 6.53. The summed E-state index contributed by atoms with van der Waals surface area (Å²) in [5.74, 6) is -1.08. The van der Waals surface area contributed by atoms with E-state index in [1.54, 1.807) is 0 Å². The van der Waals surface area contributed by atoms with Crippen molar-refractivity contribution in [3.8, 4) is 0 Å². The molecule has 0 heterocycles. The number of nitrogens with zero attached hydrogens (tertiary/aromatic N) is 1. The van der Waals surface area contributed by atoms with Crippen LogP contribution in [0.4, 0.5) is 0 Å². The number of carbonyl (C=O) groups excluding carboxylic acids is 1. The van der Waals surface area contributed by atoms with E-state index in [0.29, 0.717) is 6.61 Å². The largest absolute Gasteiger partial charge is 0.550 e. The molecule has 0 amide bonds. The summed E-state index contributed by atoms with van der Waals surface area (Å²) in [5, 5.41) is 17.5. The molecule has 0 unspecified atom stereocenters. The maximum atomic E-state index is 8.89. The molecule has 0 aromatic rings. The molecular formula is C13H29NO3. The molecule has 1 N–H and O–H groups in total. The third-order valence-corrected chi connectivity index (χ3v) is 3.13. The first kappa shape index (κ1) is 18.7. The summed E-state index contributed by atoms with van der Waals surface area (Å²) >= 11 is 0. The first-order chi connectivity index (χ1) is 7.91. The number of rotatable bonds is 8. The van der Waals surface area contributed by atoms with Crippen LogP contribution in [0.1, 0.15) is 46.5 Å². The molecule has 0 aliphatic rings. The maximum absolute atomic E-state index is 8.89. The molecular weight excluding hydrogens is 218 g/mol. The van der Waals surface area contributed by atoms with Crippen molar-refractivity contribution in [2.24, 2.45) is 0 Å². The Hall–Kier alpha value is -0.610. The van der Waals surface area contributed by atoms with Gasteiger partial charge in [-0.15, -0.1) is 0 Å². The summed E-state index contributed by atoms with van der Waals surface area (Å²) in [6.45, 7) is 9.60. The minimum absolute atomic E-state index is 0.355. The van der Waals surface area contributed by atoms with E-state index < -0.39 is 5.97 Å². The molecule has 0 rings (SSSR count). The van der Waals surface area contributed by atoms with Gasteiger partial charge in [0.25, 0.3) is 0 Å². The topological polar surface area (TPSA) is 60.4 Å². The lowest BCUT2D eigenvalue weighted by Gasteiger charge is -2.32. The smallest absolute Gasteiger partial charge is 0.0784 e. The number of aliphatic carboxylic acids is 1. The molecule has 4 heteroatoms. The molecule has 0 aliphatic heterocycles. The molecule has 0 bridgehead atoms. The van der Waals surface area contributed by atoms with Gasteiger partial charge in [-0.25, -0.2) is 0 Å². The number of hydrogen-bond acceptors (Lipinski definition) is 3. The van der Waals surface area contributed by atoms with Crippen molar-refractivity contribution in [2.45, 2.75) is 46.5 Å². The molecule has 4 nitrogen and oxygen atoms in total. The van der Waals surface area contributed by atoms with Crippen LogP contribution < -0.4 is 5.11 Å². The van der Waals surface area contributed by atoms with Gasteiger partial charge in [0.05, 0.1) is 26.7 Å². The average Bonchev–Trinajstić information content (AvgIpc) is 2.28. The Kier molecular flexibility index (Phi) is 13.1. The van der Waals surface area contributed by atoms with Gasteiger partial charge >= 0.3 is 0 Å². The monoisotopic (exact) mass is 247 g/mol. The lowest BCUT2D eigenvalue weighted by atomic mass is 10.2. The normalized spacial score (nSPS) is 10.6. The Balaban J connectivity index is 0. The SMILES string of the molecule is CC(=O)[O-].CC[N+](C)(CC)CCCCCCO. The second-order valence-electron chi connectivity index (χ2n) is 4.60. The van der Waals surface area contributed by atoms with Gasteiger partial charge in [0, 0.05) is 12.6 Å². The van der Waals surface area contributed by atoms with E-state index in [1.807, 2.05) is 0 Å². The van der Waals surface area contributed by atoms with E-state index in [0.717, 1.165) is 13.3 Å². The Labute approximate surface area is 106 Å². The molecule has 0 fully saturated rings. The van der Waals surface area contributed by atoms with Crippen LogP contribution in [0.25, 0.3) is 0 Å². The standard InChI is InChI=1S/C11H26NO.C2H4O2/c1-4-12(3,5-2)10-8-6-7-9-11-13;1-2(3)4/h13H,4-11H2,1-3H3;1H3,(H,3,4)/q+1;/p-1. The summed E-state index contributed by atoms with van der Waals surface area (Å²) in [6, 6.07) is 0. The highest BCUT2D eigenvalue weighted by Gasteiger charge is 2.14. The van der Waals surface area contributed by atoms with Crippen LogP contribution in [0, 0.1) is 0 Å². The van der Waals surface area contributed by atoms with E-state index in [-0.39, 0.29) is 0 Å². The van der Waals surface area contributed by atoms with Gasteiger partial charge < -0.3 is 19.5 Å². The quantitative estimate of drug-likeness (QED) is 0.509. The average molecular weight is 247 g/mol. The molecule has 0 atom stereocenters. The van der Waals surface area contributed by atoms with Crippen LogP contribution in [0.15, 0.2) is 0 Å². The van der Waals surface area contributed by atoms with Crippen LogP contribution >= 0.6 is 0 Å². The fourth-order valence-electron chi connectivity index (χ4n) is 1.50. The summed E-state index contributed by atoms with van der Waals surface area (Å²) in [6.07, 6.45) is 4.73. The fraction of sp³-hybridized carbons (Fsp3) is 0.923. The number of aliphatic hydroxyl groups excluding tert-OH is 1. The second kappa shape index (κ2) is 11.9. The van der Waals surface area contributed by atoms with Gasteiger partial charge in [-0.1, -0.05) is 6.42 Å². The molecule has 0 radical (unpaired) electrons. The van der Waals surface area contributed by atoms with Crippen molar-refractivity contribution in [3.05, 3.63) is 0 Å². The lowest BCUT2D eigenvalue weighted by molar-refractivity contribution is -0.906. The van der Waals surface area contributed by atoms with Gasteiger partial charge in [0.15, 0.2) is 0 Å². The maximum Gasteiger partial charge on any atom is 0.0784 e. The fourth-order valence-corrected chi connectivity index (χ4v) is 1.50. The van der Waals surface area contributed by atoms with Crippen LogP contribution in [0.2, 0.25) is 0 Å². The van der Waals surface area contributed by atoms with Gasteiger partial charge in [0.1, 0.15) is 0 Å². The zero-order chi connectivity index (χ0) is 13.7. The summed E-state index contributed by atoms with van der Waals surface area (Å²) in [4.78, 5) is 8.89. The molecule has 0 aromatic carbocycles. The van der Waals surface area contributed by atoms with Crippen LogP contribution in [0.3, 0.4) is 0 Å².